The maximum absolute atomic E-state index is 9.63. The van der Waals surface area contributed by atoms with E-state index in [0.717, 1.165) is 31.2 Å². The molecule has 102 valence electrons. The molecule has 0 radical (unpaired) electrons. The predicted octanol–water partition coefficient (Wildman–Crippen LogP) is -0.0997. The Balaban J connectivity index is 0. The standard InChI is InChI=1S/C10H18N.C3H4O4/c1-5-8-11(4,9-6-2)10-7-3;1-7-3(6)2(4)5/h5-7H,1-3,8-10H2,4H3;1H3,(H,4,5)/q+1;/p-1. The minimum Gasteiger partial charge on any atom is -0.539 e. The third-order valence-corrected chi connectivity index (χ3v) is 2.06. The molecular weight excluding hydrogens is 234 g/mol. The second-order valence-electron chi connectivity index (χ2n) is 3.81. The highest BCUT2D eigenvalue weighted by atomic mass is 16.5. The van der Waals surface area contributed by atoms with E-state index in [4.69, 9.17) is 0 Å². The van der Waals surface area contributed by atoms with Crippen molar-refractivity contribution in [1.29, 1.82) is 0 Å². The molecular formula is C13H21NO4. The number of carboxylic acids is 1. The van der Waals surface area contributed by atoms with Gasteiger partial charge in [-0.05, 0) is 18.2 Å². The predicted molar refractivity (Wildman–Crippen MR) is 68.4 cm³/mol. The van der Waals surface area contributed by atoms with Crippen LogP contribution in [-0.2, 0) is 14.3 Å². The summed E-state index contributed by atoms with van der Waals surface area (Å²) in [6.07, 6.45) is 5.81. The average molecular weight is 255 g/mol. The van der Waals surface area contributed by atoms with E-state index >= 15 is 0 Å². The average Bonchev–Trinajstić information content (AvgIpc) is 2.29. The molecule has 5 nitrogen and oxygen atoms in total. The molecule has 0 bridgehead atoms. The lowest BCUT2D eigenvalue weighted by molar-refractivity contribution is -0.892. The Morgan fingerprint density at radius 2 is 1.44 bits per heavy atom. The van der Waals surface area contributed by atoms with E-state index in [9.17, 15) is 14.7 Å². The number of aliphatic carboxylic acids is 1. The molecule has 0 spiro atoms. The van der Waals surface area contributed by atoms with Crippen LogP contribution in [0, 0.1) is 0 Å². The van der Waals surface area contributed by atoms with Gasteiger partial charge in [0.1, 0.15) is 0 Å². The summed E-state index contributed by atoms with van der Waals surface area (Å²) in [5.41, 5.74) is 0. The van der Waals surface area contributed by atoms with Crippen LogP contribution in [0.25, 0.3) is 0 Å². The summed E-state index contributed by atoms with van der Waals surface area (Å²) >= 11 is 0. The number of carbonyl (C=O) groups excluding carboxylic acids is 2. The van der Waals surface area contributed by atoms with Gasteiger partial charge in [-0.25, -0.2) is 4.79 Å². The summed E-state index contributed by atoms with van der Waals surface area (Å²) in [6, 6.07) is 0. The summed E-state index contributed by atoms with van der Waals surface area (Å²) in [4.78, 5) is 19.0. The van der Waals surface area contributed by atoms with Crippen LogP contribution in [0.2, 0.25) is 0 Å². The van der Waals surface area contributed by atoms with Gasteiger partial charge in [0.2, 0.25) is 0 Å². The SMILES string of the molecule is C=CC[N+](C)(CC=C)CC=C.COC(=O)C(=O)[O-]. The number of hydrogen-bond donors (Lipinski definition) is 0. The molecule has 0 aromatic carbocycles. The molecule has 18 heavy (non-hydrogen) atoms. The number of ether oxygens (including phenoxy) is 1. The van der Waals surface area contributed by atoms with Gasteiger partial charge in [-0.2, -0.15) is 0 Å². The highest BCUT2D eigenvalue weighted by Crippen LogP contribution is 2.01. The minimum atomic E-state index is -1.82. The molecule has 0 atom stereocenters. The maximum atomic E-state index is 9.63. The number of carboxylic acid groups (broad SMARTS) is 1. The van der Waals surface area contributed by atoms with Gasteiger partial charge in [0.15, 0.2) is 5.97 Å². The van der Waals surface area contributed by atoms with Crippen molar-refractivity contribution in [3.63, 3.8) is 0 Å². The third-order valence-electron chi connectivity index (χ3n) is 2.06. The first-order valence-electron chi connectivity index (χ1n) is 5.32. The molecule has 0 aliphatic heterocycles. The molecule has 0 heterocycles. The number of esters is 1. The lowest BCUT2D eigenvalue weighted by Crippen LogP contribution is -2.44. The van der Waals surface area contributed by atoms with Crippen molar-refractivity contribution in [2.45, 2.75) is 0 Å². The number of quaternary nitrogens is 1. The summed E-state index contributed by atoms with van der Waals surface area (Å²) in [7, 11) is 3.14. The van der Waals surface area contributed by atoms with E-state index in [1.165, 1.54) is 0 Å². The highest BCUT2D eigenvalue weighted by molar-refractivity contribution is 6.27. The van der Waals surface area contributed by atoms with E-state index < -0.39 is 11.9 Å². The highest BCUT2D eigenvalue weighted by Gasteiger charge is 2.14. The van der Waals surface area contributed by atoms with E-state index in [-0.39, 0.29) is 0 Å². The van der Waals surface area contributed by atoms with Crippen molar-refractivity contribution >= 4 is 11.9 Å². The van der Waals surface area contributed by atoms with Crippen LogP contribution in [0.1, 0.15) is 0 Å². The lowest BCUT2D eigenvalue weighted by Gasteiger charge is -2.30. The van der Waals surface area contributed by atoms with Crippen molar-refractivity contribution < 1.29 is 23.9 Å². The van der Waals surface area contributed by atoms with E-state index in [2.05, 4.69) is 31.5 Å². The minimum absolute atomic E-state index is 0.927. The Hall–Kier alpha value is -1.88. The van der Waals surface area contributed by atoms with Gasteiger partial charge < -0.3 is 19.1 Å². The van der Waals surface area contributed by atoms with Gasteiger partial charge in [-0.15, -0.1) is 0 Å². The first-order valence-corrected chi connectivity index (χ1v) is 5.32. The number of nitrogens with zero attached hydrogens (tertiary/aromatic N) is 1. The van der Waals surface area contributed by atoms with Crippen molar-refractivity contribution in [2.75, 3.05) is 33.8 Å². The second-order valence-corrected chi connectivity index (χ2v) is 3.81. The fourth-order valence-electron chi connectivity index (χ4n) is 1.24. The summed E-state index contributed by atoms with van der Waals surface area (Å²) < 4.78 is 4.64. The van der Waals surface area contributed by atoms with Crippen LogP contribution in [0.3, 0.4) is 0 Å². The Morgan fingerprint density at radius 1 is 1.11 bits per heavy atom. The van der Waals surface area contributed by atoms with Crippen molar-refractivity contribution in [1.82, 2.24) is 0 Å². The van der Waals surface area contributed by atoms with Crippen molar-refractivity contribution in [3.05, 3.63) is 38.0 Å². The largest absolute Gasteiger partial charge is 0.539 e. The molecule has 0 unspecified atom stereocenters. The first-order chi connectivity index (χ1) is 8.36. The molecule has 0 N–H and O–H groups in total. The Kier molecular flexibility index (Phi) is 10.6. The molecule has 0 saturated carbocycles. The number of rotatable bonds is 6. The van der Waals surface area contributed by atoms with E-state index in [1.54, 1.807) is 0 Å². The quantitative estimate of drug-likeness (QED) is 0.288. The van der Waals surface area contributed by atoms with Crippen LogP contribution < -0.4 is 5.11 Å². The summed E-state index contributed by atoms with van der Waals surface area (Å²) in [5.74, 6) is -3.16. The number of hydrogen-bond acceptors (Lipinski definition) is 4. The summed E-state index contributed by atoms with van der Waals surface area (Å²) in [6.45, 7) is 14.1. The molecule has 0 amide bonds. The Morgan fingerprint density at radius 3 is 1.56 bits per heavy atom. The van der Waals surface area contributed by atoms with Crippen molar-refractivity contribution in [2.24, 2.45) is 0 Å². The third kappa shape index (κ3) is 9.35. The number of methoxy groups -OCH3 is 1. The molecule has 0 aromatic heterocycles. The first kappa shape index (κ1) is 18.5. The van der Waals surface area contributed by atoms with Gasteiger partial charge in [-0.1, -0.05) is 19.7 Å². The van der Waals surface area contributed by atoms with Crippen LogP contribution in [0.4, 0.5) is 0 Å². The zero-order chi connectivity index (χ0) is 14.6. The van der Waals surface area contributed by atoms with Crippen molar-refractivity contribution in [3.8, 4) is 0 Å². The van der Waals surface area contributed by atoms with Crippen LogP contribution in [0.15, 0.2) is 38.0 Å². The van der Waals surface area contributed by atoms with Gasteiger partial charge in [0, 0.05) is 0 Å². The Bertz CT molecular complexity index is 284. The fourth-order valence-corrected chi connectivity index (χ4v) is 1.24. The molecule has 0 fully saturated rings. The molecule has 0 aromatic rings. The topological polar surface area (TPSA) is 66.4 Å². The van der Waals surface area contributed by atoms with Gasteiger partial charge in [0.05, 0.1) is 33.8 Å². The maximum Gasteiger partial charge on any atom is 0.353 e. The summed E-state index contributed by atoms with van der Waals surface area (Å²) in [5, 5.41) is 9.34. The fraction of sp³-hybridized carbons (Fsp3) is 0.385. The van der Waals surface area contributed by atoms with Crippen LogP contribution in [-0.4, -0.2) is 50.2 Å². The van der Waals surface area contributed by atoms with Crippen LogP contribution >= 0.6 is 0 Å². The van der Waals surface area contributed by atoms with E-state index in [0.29, 0.717) is 0 Å². The van der Waals surface area contributed by atoms with Gasteiger partial charge >= 0.3 is 5.97 Å². The van der Waals surface area contributed by atoms with Gasteiger partial charge in [0.25, 0.3) is 0 Å². The molecule has 5 heteroatoms. The molecule has 0 aliphatic carbocycles. The normalized spacial score (nSPS) is 9.44. The van der Waals surface area contributed by atoms with Gasteiger partial charge in [-0.3, -0.25) is 0 Å². The Labute approximate surface area is 108 Å². The molecule has 0 aliphatic rings. The van der Waals surface area contributed by atoms with Crippen LogP contribution in [0.5, 0.6) is 0 Å². The smallest absolute Gasteiger partial charge is 0.353 e. The monoisotopic (exact) mass is 255 g/mol. The second kappa shape index (κ2) is 10.3. The lowest BCUT2D eigenvalue weighted by atomic mass is 10.3. The number of carbonyl (C=O) groups is 2. The molecule has 0 rings (SSSR count). The zero-order valence-corrected chi connectivity index (χ0v) is 11.1. The van der Waals surface area contributed by atoms with E-state index in [1.807, 2.05) is 18.2 Å². The zero-order valence-electron chi connectivity index (χ0n) is 11.1. The molecule has 0 saturated heterocycles. The number of likely N-dealkylation sites (N-methyl/N-ethyl adjacent to an activating group) is 1.